The summed E-state index contributed by atoms with van der Waals surface area (Å²) in [6.45, 7) is 3.25. The van der Waals surface area contributed by atoms with Crippen LogP contribution in [0.5, 0.6) is 0 Å². The topological polar surface area (TPSA) is 64.1 Å². The number of carbonyl (C=O) groups excluding carboxylic acids is 1. The largest absolute Gasteiger partial charge is 0.480 e. The van der Waals surface area contributed by atoms with Crippen LogP contribution in [0, 0.1) is 0 Å². The Bertz CT molecular complexity index is 444. The van der Waals surface area contributed by atoms with Crippen LogP contribution in [0.2, 0.25) is 0 Å². The van der Waals surface area contributed by atoms with Crippen molar-refractivity contribution < 1.29 is 14.7 Å². The molecule has 2 rings (SSSR count). The van der Waals surface area contributed by atoms with Gasteiger partial charge in [0.2, 0.25) is 0 Å². The lowest BCUT2D eigenvalue weighted by molar-refractivity contribution is -0.140. The number of carboxylic acids is 1. The Labute approximate surface area is 121 Å². The fourth-order valence-electron chi connectivity index (χ4n) is 1.88. The maximum Gasteiger partial charge on any atom is 0.323 e. The molecule has 2 aliphatic rings. The second-order valence-corrected chi connectivity index (χ2v) is 6.16. The van der Waals surface area contributed by atoms with Crippen LogP contribution < -0.4 is 0 Å². The first kappa shape index (κ1) is 14.3. The van der Waals surface area contributed by atoms with Gasteiger partial charge in [0, 0.05) is 32.4 Å². The van der Waals surface area contributed by atoms with Crippen molar-refractivity contribution >= 4 is 40.2 Å². The average molecular weight is 301 g/mol. The molecule has 2 saturated heterocycles. The highest BCUT2D eigenvalue weighted by Crippen LogP contribution is 2.31. The van der Waals surface area contributed by atoms with E-state index in [2.05, 4.69) is 16.8 Å². The molecule has 0 radical (unpaired) electrons. The van der Waals surface area contributed by atoms with Crippen molar-refractivity contribution in [1.82, 2.24) is 14.7 Å². The number of thiocarbonyl (C=S) groups is 1. The van der Waals surface area contributed by atoms with Crippen molar-refractivity contribution in [2.75, 3.05) is 39.8 Å². The van der Waals surface area contributed by atoms with Crippen LogP contribution in [0.25, 0.3) is 0 Å². The van der Waals surface area contributed by atoms with Crippen LogP contribution >= 0.6 is 24.0 Å². The Morgan fingerprint density at radius 2 is 2.05 bits per heavy atom. The summed E-state index contributed by atoms with van der Waals surface area (Å²) < 4.78 is 0.313. The van der Waals surface area contributed by atoms with Gasteiger partial charge >= 0.3 is 5.97 Å². The van der Waals surface area contributed by atoms with E-state index in [0.29, 0.717) is 9.23 Å². The molecule has 0 bridgehead atoms. The van der Waals surface area contributed by atoms with E-state index in [1.807, 2.05) is 0 Å². The molecule has 1 N–H and O–H groups in total. The molecule has 2 heterocycles. The predicted octanol–water partition coefficient (Wildman–Crippen LogP) is 0.0201. The molecule has 0 unspecified atom stereocenters. The van der Waals surface area contributed by atoms with Crippen LogP contribution in [0.4, 0.5) is 0 Å². The number of carbonyl (C=O) groups is 2. The maximum atomic E-state index is 12.0. The third kappa shape index (κ3) is 3.46. The monoisotopic (exact) mass is 301 g/mol. The third-order valence-corrected chi connectivity index (χ3v) is 4.37. The Morgan fingerprint density at radius 3 is 2.63 bits per heavy atom. The summed E-state index contributed by atoms with van der Waals surface area (Å²) in [5.74, 6) is -1.37. The zero-order valence-corrected chi connectivity index (χ0v) is 12.2. The smallest absolute Gasteiger partial charge is 0.323 e. The molecule has 0 aromatic heterocycles. The Balaban J connectivity index is 2.03. The summed E-state index contributed by atoms with van der Waals surface area (Å²) in [7, 11) is 2.06. The predicted molar refractivity (Wildman–Crippen MR) is 76.7 cm³/mol. The van der Waals surface area contributed by atoms with Crippen molar-refractivity contribution in [3.8, 4) is 0 Å². The molecular formula is C11H15N3O3S2. The highest BCUT2D eigenvalue weighted by molar-refractivity contribution is 8.26. The van der Waals surface area contributed by atoms with Crippen LogP contribution in [-0.2, 0) is 9.59 Å². The molecule has 2 aliphatic heterocycles. The van der Waals surface area contributed by atoms with Gasteiger partial charge in [0.15, 0.2) is 0 Å². The first-order valence-corrected chi connectivity index (χ1v) is 7.09. The number of hydrogen-bond acceptors (Lipinski definition) is 6. The molecule has 8 heteroatoms. The van der Waals surface area contributed by atoms with Crippen molar-refractivity contribution in [3.63, 3.8) is 0 Å². The van der Waals surface area contributed by atoms with Gasteiger partial charge in [-0.25, -0.2) is 0 Å². The summed E-state index contributed by atoms with van der Waals surface area (Å²) in [6, 6.07) is 0. The van der Waals surface area contributed by atoms with Crippen molar-refractivity contribution in [3.05, 3.63) is 11.1 Å². The minimum Gasteiger partial charge on any atom is -0.480 e. The number of amides is 1. The van der Waals surface area contributed by atoms with Gasteiger partial charge in [0.05, 0.1) is 4.91 Å². The molecule has 104 valence electrons. The molecule has 0 atom stereocenters. The lowest BCUT2D eigenvalue weighted by atomic mass is 10.3. The highest BCUT2D eigenvalue weighted by Gasteiger charge is 2.34. The second-order valence-electron chi connectivity index (χ2n) is 4.49. The number of carboxylic acid groups (broad SMARTS) is 1. The van der Waals surface area contributed by atoms with Gasteiger partial charge in [-0.05, 0) is 7.05 Å². The second kappa shape index (κ2) is 5.89. The maximum absolute atomic E-state index is 12.0. The quantitative estimate of drug-likeness (QED) is 0.582. The summed E-state index contributed by atoms with van der Waals surface area (Å²) >= 11 is 6.21. The molecule has 2 fully saturated rings. The minimum atomic E-state index is -1.06. The summed E-state index contributed by atoms with van der Waals surface area (Å²) in [6.07, 6.45) is 1.80. The molecule has 6 nitrogen and oxygen atoms in total. The van der Waals surface area contributed by atoms with Gasteiger partial charge in [-0.15, -0.1) is 0 Å². The standard InChI is InChI=1S/C11H15N3O3S2/c1-12-2-4-13(5-3-12)6-8-10(17)14(7-9(15)16)11(18)19-8/h6H,2-5,7H2,1H3,(H,15,16)/b8-6-. The zero-order chi connectivity index (χ0) is 14.0. The molecule has 1 amide bonds. The van der Waals surface area contributed by atoms with Crippen molar-refractivity contribution in [1.29, 1.82) is 0 Å². The fourth-order valence-corrected chi connectivity index (χ4v) is 3.14. The van der Waals surface area contributed by atoms with E-state index < -0.39 is 5.97 Å². The van der Waals surface area contributed by atoms with Gasteiger partial charge in [-0.1, -0.05) is 24.0 Å². The van der Waals surface area contributed by atoms with E-state index in [-0.39, 0.29) is 12.5 Å². The van der Waals surface area contributed by atoms with E-state index in [0.717, 1.165) is 31.1 Å². The molecule has 19 heavy (non-hydrogen) atoms. The van der Waals surface area contributed by atoms with Crippen LogP contribution in [0.1, 0.15) is 0 Å². The van der Waals surface area contributed by atoms with Crippen LogP contribution in [0.3, 0.4) is 0 Å². The third-order valence-electron chi connectivity index (χ3n) is 3.00. The van der Waals surface area contributed by atoms with E-state index in [1.54, 1.807) is 6.20 Å². The zero-order valence-electron chi connectivity index (χ0n) is 10.5. The Morgan fingerprint density at radius 1 is 1.42 bits per heavy atom. The molecule has 0 saturated carbocycles. The fraction of sp³-hybridized carbons (Fsp3) is 0.545. The average Bonchev–Trinajstić information content (AvgIpc) is 2.60. The van der Waals surface area contributed by atoms with Gasteiger partial charge in [-0.3, -0.25) is 14.5 Å². The first-order valence-electron chi connectivity index (χ1n) is 5.87. The summed E-state index contributed by atoms with van der Waals surface area (Å²) in [4.78, 5) is 28.7. The van der Waals surface area contributed by atoms with Gasteiger partial charge in [0.1, 0.15) is 10.9 Å². The van der Waals surface area contributed by atoms with E-state index in [4.69, 9.17) is 17.3 Å². The number of hydrogen-bond donors (Lipinski definition) is 1. The number of piperazine rings is 1. The minimum absolute atomic E-state index is 0.309. The molecule has 0 aliphatic carbocycles. The van der Waals surface area contributed by atoms with E-state index >= 15 is 0 Å². The Kier molecular flexibility index (Phi) is 4.43. The van der Waals surface area contributed by atoms with Crippen LogP contribution in [-0.4, -0.2) is 75.8 Å². The van der Waals surface area contributed by atoms with Crippen molar-refractivity contribution in [2.24, 2.45) is 0 Å². The van der Waals surface area contributed by atoms with E-state index in [1.165, 1.54) is 11.8 Å². The first-order chi connectivity index (χ1) is 8.97. The lowest BCUT2D eigenvalue weighted by Gasteiger charge is -2.31. The number of rotatable bonds is 3. The number of nitrogens with zero attached hydrogens (tertiary/aromatic N) is 3. The van der Waals surface area contributed by atoms with Crippen LogP contribution in [0.15, 0.2) is 11.1 Å². The lowest BCUT2D eigenvalue weighted by Crippen LogP contribution is -2.42. The normalized spacial score (nSPS) is 23.5. The number of aliphatic carboxylic acids is 1. The Hall–Kier alpha value is -1.12. The highest BCUT2D eigenvalue weighted by atomic mass is 32.2. The van der Waals surface area contributed by atoms with Gasteiger partial charge in [-0.2, -0.15) is 0 Å². The number of thioether (sulfide) groups is 1. The number of likely N-dealkylation sites (N-methyl/N-ethyl adjacent to an activating group) is 1. The molecule has 0 aromatic carbocycles. The molecule has 0 aromatic rings. The molecule has 0 spiro atoms. The summed E-state index contributed by atoms with van der Waals surface area (Å²) in [5.41, 5.74) is 0. The van der Waals surface area contributed by atoms with Crippen molar-refractivity contribution in [2.45, 2.75) is 0 Å². The molecular weight excluding hydrogens is 286 g/mol. The summed E-state index contributed by atoms with van der Waals surface area (Å²) in [5, 5.41) is 8.75. The SMILES string of the molecule is CN1CCN(/C=C2\SC(=S)N(CC(=O)O)C2=O)CC1. The van der Waals surface area contributed by atoms with E-state index in [9.17, 15) is 9.59 Å². The van der Waals surface area contributed by atoms with Gasteiger partial charge in [0.25, 0.3) is 5.91 Å². The van der Waals surface area contributed by atoms with Gasteiger partial charge < -0.3 is 14.9 Å².